The molecule has 0 aliphatic heterocycles. The van der Waals surface area contributed by atoms with Gasteiger partial charge in [-0.15, -0.1) is 0 Å². The van der Waals surface area contributed by atoms with E-state index in [0.29, 0.717) is 6.54 Å². The summed E-state index contributed by atoms with van der Waals surface area (Å²) in [6.45, 7) is 0.411. The van der Waals surface area contributed by atoms with Gasteiger partial charge in [-0.05, 0) is 12.1 Å². The molecule has 1 radical (unpaired) electrons. The highest BCUT2D eigenvalue weighted by atomic mass is 16.1. The smallest absolute Gasteiger partial charge is 0.239 e. The van der Waals surface area contributed by atoms with Crippen LogP contribution in [0.5, 0.6) is 0 Å². The van der Waals surface area contributed by atoms with E-state index in [1.54, 1.807) is 0 Å². The van der Waals surface area contributed by atoms with Gasteiger partial charge >= 0.3 is 0 Å². The van der Waals surface area contributed by atoms with Gasteiger partial charge in [0.2, 0.25) is 5.91 Å². The number of hydrogen-bond donors (Lipinski definition) is 1. The van der Waals surface area contributed by atoms with Gasteiger partial charge in [-0.2, -0.15) is 0 Å². The summed E-state index contributed by atoms with van der Waals surface area (Å²) in [4.78, 5) is 10.6. The minimum atomic E-state index is -0.556. The first kappa shape index (κ1) is 9.74. The number of rotatable bonds is 4. The zero-order chi connectivity index (χ0) is 9.68. The van der Waals surface area contributed by atoms with Crippen LogP contribution < -0.4 is 11.5 Å². The summed E-state index contributed by atoms with van der Waals surface area (Å²) in [6, 6.07) is 9.60. The fraction of sp³-hybridized carbons (Fsp3) is 0.300. The second kappa shape index (κ2) is 4.62. The van der Waals surface area contributed by atoms with Crippen molar-refractivity contribution >= 4 is 5.91 Å². The average Bonchev–Trinajstić information content (AvgIpc) is 2.15. The van der Waals surface area contributed by atoms with E-state index in [1.165, 1.54) is 0 Å². The van der Waals surface area contributed by atoms with Crippen LogP contribution in [0.15, 0.2) is 30.3 Å². The Morgan fingerprint density at radius 1 is 1.38 bits per heavy atom. The van der Waals surface area contributed by atoms with E-state index in [4.69, 9.17) is 11.5 Å². The molecule has 1 atom stereocenters. The Morgan fingerprint density at radius 3 is 2.46 bits per heavy atom. The molecule has 1 amide bonds. The maximum atomic E-state index is 10.6. The lowest BCUT2D eigenvalue weighted by atomic mass is 9.96. The molecule has 1 rings (SSSR count). The molecule has 69 valence electrons. The topological polar surface area (TPSA) is 66.9 Å². The maximum Gasteiger partial charge on any atom is 0.239 e. The molecule has 0 fully saturated rings. The Morgan fingerprint density at radius 2 is 2.00 bits per heavy atom. The SMILES string of the molecule is [NH]C(=O)CC(CN)c1ccccc1. The van der Waals surface area contributed by atoms with Crippen molar-refractivity contribution < 1.29 is 4.79 Å². The van der Waals surface area contributed by atoms with Gasteiger partial charge in [0.25, 0.3) is 0 Å². The second-order valence-electron chi connectivity index (χ2n) is 2.97. The molecule has 0 saturated carbocycles. The van der Waals surface area contributed by atoms with Crippen LogP contribution in [0.1, 0.15) is 17.9 Å². The van der Waals surface area contributed by atoms with Crippen molar-refractivity contribution in [3.63, 3.8) is 0 Å². The third-order valence-corrected chi connectivity index (χ3v) is 1.99. The first-order valence-electron chi connectivity index (χ1n) is 4.23. The molecule has 3 nitrogen and oxygen atoms in total. The van der Waals surface area contributed by atoms with E-state index in [1.807, 2.05) is 30.3 Å². The van der Waals surface area contributed by atoms with Gasteiger partial charge in [0.1, 0.15) is 0 Å². The van der Waals surface area contributed by atoms with Crippen molar-refractivity contribution in [2.45, 2.75) is 12.3 Å². The summed E-state index contributed by atoms with van der Waals surface area (Å²) in [7, 11) is 0. The maximum absolute atomic E-state index is 10.6. The Bertz CT molecular complexity index is 272. The van der Waals surface area contributed by atoms with Gasteiger partial charge in [0, 0.05) is 12.3 Å². The molecule has 1 unspecified atom stereocenters. The van der Waals surface area contributed by atoms with Gasteiger partial charge in [0.05, 0.1) is 0 Å². The van der Waals surface area contributed by atoms with Gasteiger partial charge in [-0.25, -0.2) is 0 Å². The molecule has 13 heavy (non-hydrogen) atoms. The summed E-state index contributed by atoms with van der Waals surface area (Å²) < 4.78 is 0. The third kappa shape index (κ3) is 2.87. The average molecular weight is 177 g/mol. The molecule has 0 aromatic heterocycles. The molecule has 0 bridgehead atoms. The minimum absolute atomic E-state index is 0.00815. The highest BCUT2D eigenvalue weighted by Crippen LogP contribution is 2.17. The molecule has 0 aliphatic carbocycles. The molecule has 3 N–H and O–H groups in total. The van der Waals surface area contributed by atoms with Crippen molar-refractivity contribution in [3.8, 4) is 0 Å². The second-order valence-corrected chi connectivity index (χ2v) is 2.97. The van der Waals surface area contributed by atoms with Gasteiger partial charge in [-0.1, -0.05) is 30.3 Å². The van der Waals surface area contributed by atoms with Crippen LogP contribution in [-0.2, 0) is 4.79 Å². The van der Waals surface area contributed by atoms with Gasteiger partial charge in [0.15, 0.2) is 0 Å². The predicted octanol–water partition coefficient (Wildman–Crippen LogP) is 0.928. The molecule has 0 spiro atoms. The first-order valence-corrected chi connectivity index (χ1v) is 4.23. The number of carbonyl (C=O) groups excluding carboxylic acids is 1. The fourth-order valence-corrected chi connectivity index (χ4v) is 1.29. The Balaban J connectivity index is 2.73. The van der Waals surface area contributed by atoms with Gasteiger partial charge in [-0.3, -0.25) is 10.5 Å². The highest BCUT2D eigenvalue weighted by Gasteiger charge is 2.11. The van der Waals surface area contributed by atoms with E-state index >= 15 is 0 Å². The fourth-order valence-electron chi connectivity index (χ4n) is 1.29. The molecule has 1 aromatic rings. The monoisotopic (exact) mass is 177 g/mol. The molecule has 0 heterocycles. The van der Waals surface area contributed by atoms with Crippen LogP contribution in [0.2, 0.25) is 0 Å². The number of carbonyl (C=O) groups is 1. The number of nitrogens with two attached hydrogens (primary N) is 1. The largest absolute Gasteiger partial charge is 0.330 e. The normalized spacial score (nSPS) is 12.4. The van der Waals surface area contributed by atoms with Crippen molar-refractivity contribution in [1.29, 1.82) is 0 Å². The Hall–Kier alpha value is -1.35. The summed E-state index contributed by atoms with van der Waals surface area (Å²) >= 11 is 0. The van der Waals surface area contributed by atoms with Crippen LogP contribution in [0.3, 0.4) is 0 Å². The lowest BCUT2D eigenvalue weighted by Crippen LogP contribution is -2.16. The van der Waals surface area contributed by atoms with Crippen molar-refractivity contribution in [3.05, 3.63) is 35.9 Å². The standard InChI is InChI=1S/C10H13N2O/c11-7-9(6-10(12)13)8-4-2-1-3-5-8/h1-5,9,12H,6-7,11H2. The van der Waals surface area contributed by atoms with E-state index in [9.17, 15) is 4.79 Å². The van der Waals surface area contributed by atoms with Crippen molar-refractivity contribution in [1.82, 2.24) is 5.73 Å². The number of nitrogens with one attached hydrogen (secondary N) is 1. The molecule has 0 saturated heterocycles. The summed E-state index contributed by atoms with van der Waals surface area (Å²) in [5, 5.41) is 0. The van der Waals surface area contributed by atoms with E-state index < -0.39 is 5.91 Å². The van der Waals surface area contributed by atoms with Gasteiger partial charge < -0.3 is 5.73 Å². The lowest BCUT2D eigenvalue weighted by molar-refractivity contribution is -0.119. The molecular weight excluding hydrogens is 164 g/mol. The van der Waals surface area contributed by atoms with E-state index in [2.05, 4.69) is 0 Å². The van der Waals surface area contributed by atoms with E-state index in [-0.39, 0.29) is 12.3 Å². The molecule has 3 heteroatoms. The number of amides is 1. The number of hydrogen-bond acceptors (Lipinski definition) is 2. The zero-order valence-corrected chi connectivity index (χ0v) is 7.36. The van der Waals surface area contributed by atoms with Crippen molar-refractivity contribution in [2.24, 2.45) is 5.73 Å². The molecule has 1 aromatic carbocycles. The third-order valence-electron chi connectivity index (χ3n) is 1.99. The van der Waals surface area contributed by atoms with Crippen LogP contribution in [0, 0.1) is 0 Å². The first-order chi connectivity index (χ1) is 6.24. The minimum Gasteiger partial charge on any atom is -0.330 e. The van der Waals surface area contributed by atoms with Crippen LogP contribution >= 0.6 is 0 Å². The molecular formula is C10H13N2O. The summed E-state index contributed by atoms with van der Waals surface area (Å²) in [6.07, 6.45) is 0.209. The zero-order valence-electron chi connectivity index (χ0n) is 7.36. The lowest BCUT2D eigenvalue weighted by Gasteiger charge is -2.11. The van der Waals surface area contributed by atoms with Crippen LogP contribution in [-0.4, -0.2) is 12.5 Å². The summed E-state index contributed by atoms with van der Waals surface area (Å²) in [5.74, 6) is -0.564. The Kier molecular flexibility index (Phi) is 3.46. The van der Waals surface area contributed by atoms with Crippen molar-refractivity contribution in [2.75, 3.05) is 6.54 Å². The summed E-state index contributed by atoms with van der Waals surface area (Å²) in [5.41, 5.74) is 13.4. The molecule has 0 aliphatic rings. The van der Waals surface area contributed by atoms with E-state index in [0.717, 1.165) is 5.56 Å². The highest BCUT2D eigenvalue weighted by molar-refractivity contribution is 5.74. The quantitative estimate of drug-likeness (QED) is 0.743. The Labute approximate surface area is 77.7 Å². The van der Waals surface area contributed by atoms with Crippen LogP contribution in [0.25, 0.3) is 0 Å². The predicted molar refractivity (Wildman–Crippen MR) is 51.0 cm³/mol. The van der Waals surface area contributed by atoms with Crippen LogP contribution in [0.4, 0.5) is 0 Å². The number of benzene rings is 1.